The van der Waals surface area contributed by atoms with Crippen LogP contribution in [0.4, 0.5) is 5.69 Å². The van der Waals surface area contributed by atoms with E-state index in [1.807, 2.05) is 6.07 Å². The molecule has 2 rings (SSSR count). The van der Waals surface area contributed by atoms with Crippen molar-refractivity contribution in [1.29, 1.82) is 0 Å². The van der Waals surface area contributed by atoms with E-state index in [1.165, 1.54) is 16.4 Å². The molecule has 0 fully saturated rings. The molecule has 2 aromatic rings. The predicted molar refractivity (Wildman–Crippen MR) is 93.8 cm³/mol. The molecule has 0 aliphatic heterocycles. The van der Waals surface area contributed by atoms with Gasteiger partial charge < -0.3 is 5.11 Å². The molecule has 0 saturated heterocycles. The fourth-order valence-electron chi connectivity index (χ4n) is 2.38. The number of nitrogens with zero attached hydrogens (tertiary/aromatic N) is 1. The average Bonchev–Trinajstić information content (AvgIpc) is 2.56. The summed E-state index contributed by atoms with van der Waals surface area (Å²) in [4.78, 5) is 11.5. The maximum Gasteiger partial charge on any atom is 0.313 e. The first-order chi connectivity index (χ1) is 11.2. The van der Waals surface area contributed by atoms with Crippen LogP contribution < -0.4 is 4.31 Å². The number of carboxylic acid groups (broad SMARTS) is 1. The molecule has 128 valence electrons. The lowest BCUT2D eigenvalue weighted by Crippen LogP contribution is -2.31. The minimum Gasteiger partial charge on any atom is -0.481 e. The SMILES string of the molecule is CCN(c1ccccc1)S(=O)(=O)c1ccc(C(C)(C)C(=O)O)cc1. The van der Waals surface area contributed by atoms with Crippen molar-refractivity contribution in [1.82, 2.24) is 0 Å². The van der Waals surface area contributed by atoms with Gasteiger partial charge in [0.25, 0.3) is 10.0 Å². The molecule has 0 saturated carbocycles. The molecule has 0 heterocycles. The molecule has 5 nitrogen and oxygen atoms in total. The molecule has 2 aromatic carbocycles. The minimum atomic E-state index is -3.70. The Morgan fingerprint density at radius 1 is 1.04 bits per heavy atom. The lowest BCUT2D eigenvalue weighted by Gasteiger charge is -2.24. The number of benzene rings is 2. The lowest BCUT2D eigenvalue weighted by molar-refractivity contribution is -0.142. The Bertz CT molecular complexity index is 812. The fraction of sp³-hybridized carbons (Fsp3) is 0.278. The first-order valence-electron chi connectivity index (χ1n) is 7.63. The van der Waals surface area contributed by atoms with Crippen molar-refractivity contribution in [3.05, 3.63) is 60.2 Å². The normalized spacial score (nSPS) is 12.0. The van der Waals surface area contributed by atoms with E-state index in [0.29, 0.717) is 17.8 Å². The number of anilines is 1. The third-order valence-electron chi connectivity index (χ3n) is 4.03. The molecule has 0 spiro atoms. The number of hydrogen-bond acceptors (Lipinski definition) is 3. The van der Waals surface area contributed by atoms with E-state index < -0.39 is 21.4 Å². The molecule has 0 radical (unpaired) electrons. The number of sulfonamides is 1. The second kappa shape index (κ2) is 6.65. The van der Waals surface area contributed by atoms with Crippen LogP contribution in [0.5, 0.6) is 0 Å². The second-order valence-electron chi connectivity index (χ2n) is 5.96. The summed E-state index contributed by atoms with van der Waals surface area (Å²) in [6, 6.07) is 14.9. The van der Waals surface area contributed by atoms with Crippen molar-refractivity contribution >= 4 is 21.7 Å². The van der Waals surface area contributed by atoms with Crippen LogP contribution in [0.3, 0.4) is 0 Å². The van der Waals surface area contributed by atoms with Gasteiger partial charge in [-0.25, -0.2) is 8.42 Å². The molecule has 24 heavy (non-hydrogen) atoms. The summed E-state index contributed by atoms with van der Waals surface area (Å²) < 4.78 is 27.1. The van der Waals surface area contributed by atoms with Gasteiger partial charge in [0.2, 0.25) is 0 Å². The Morgan fingerprint density at radius 2 is 1.58 bits per heavy atom. The molecule has 0 aliphatic rings. The zero-order chi connectivity index (χ0) is 18.0. The highest BCUT2D eigenvalue weighted by Gasteiger charge is 2.30. The van der Waals surface area contributed by atoms with Crippen molar-refractivity contribution in [3.8, 4) is 0 Å². The molecule has 0 aromatic heterocycles. The van der Waals surface area contributed by atoms with Crippen molar-refractivity contribution in [2.45, 2.75) is 31.1 Å². The Balaban J connectivity index is 2.41. The maximum absolute atomic E-state index is 12.9. The van der Waals surface area contributed by atoms with Gasteiger partial charge >= 0.3 is 5.97 Å². The van der Waals surface area contributed by atoms with Crippen LogP contribution in [-0.4, -0.2) is 26.0 Å². The zero-order valence-electron chi connectivity index (χ0n) is 13.9. The van der Waals surface area contributed by atoms with Crippen LogP contribution in [0.25, 0.3) is 0 Å². The van der Waals surface area contributed by atoms with Gasteiger partial charge in [0.15, 0.2) is 0 Å². The summed E-state index contributed by atoms with van der Waals surface area (Å²) in [5.74, 6) is -0.961. The van der Waals surface area contributed by atoms with Gasteiger partial charge in [0, 0.05) is 6.54 Å². The molecule has 1 N–H and O–H groups in total. The first-order valence-corrected chi connectivity index (χ1v) is 9.07. The van der Waals surface area contributed by atoms with Crippen LogP contribution in [0.15, 0.2) is 59.5 Å². The molecule has 0 bridgehead atoms. The van der Waals surface area contributed by atoms with E-state index >= 15 is 0 Å². The van der Waals surface area contributed by atoms with Gasteiger partial charge in [-0.1, -0.05) is 30.3 Å². The van der Waals surface area contributed by atoms with Crippen LogP contribution >= 0.6 is 0 Å². The number of carboxylic acids is 1. The highest BCUT2D eigenvalue weighted by atomic mass is 32.2. The van der Waals surface area contributed by atoms with Gasteiger partial charge in [0.1, 0.15) is 0 Å². The molecule has 6 heteroatoms. The topological polar surface area (TPSA) is 74.7 Å². The van der Waals surface area contributed by atoms with Crippen LogP contribution in [0.1, 0.15) is 26.3 Å². The maximum atomic E-state index is 12.9. The fourth-order valence-corrected chi connectivity index (χ4v) is 3.85. The smallest absolute Gasteiger partial charge is 0.313 e. The average molecular weight is 347 g/mol. The molecule has 0 unspecified atom stereocenters. The van der Waals surface area contributed by atoms with E-state index in [9.17, 15) is 18.3 Å². The second-order valence-corrected chi connectivity index (χ2v) is 7.82. The molecular formula is C18H21NO4S. The Labute approximate surface area is 142 Å². The van der Waals surface area contributed by atoms with Crippen molar-refractivity contribution < 1.29 is 18.3 Å². The predicted octanol–water partition coefficient (Wildman–Crippen LogP) is 3.26. The van der Waals surface area contributed by atoms with Gasteiger partial charge in [0.05, 0.1) is 16.0 Å². The molecular weight excluding hydrogens is 326 g/mol. The van der Waals surface area contributed by atoms with Crippen molar-refractivity contribution in [2.24, 2.45) is 0 Å². The van der Waals surface area contributed by atoms with Gasteiger partial charge in [-0.15, -0.1) is 0 Å². The third-order valence-corrected chi connectivity index (χ3v) is 5.95. The molecule has 0 atom stereocenters. The molecule has 0 aliphatic carbocycles. The molecule has 0 amide bonds. The van der Waals surface area contributed by atoms with Crippen LogP contribution in [0.2, 0.25) is 0 Å². The number of hydrogen-bond donors (Lipinski definition) is 1. The summed E-state index contributed by atoms with van der Waals surface area (Å²) in [6.07, 6.45) is 0. The third kappa shape index (κ3) is 3.28. The summed E-state index contributed by atoms with van der Waals surface area (Å²) >= 11 is 0. The van der Waals surface area contributed by atoms with E-state index in [4.69, 9.17) is 0 Å². The largest absolute Gasteiger partial charge is 0.481 e. The van der Waals surface area contributed by atoms with Gasteiger partial charge in [-0.05, 0) is 50.6 Å². The van der Waals surface area contributed by atoms with E-state index in [2.05, 4.69) is 0 Å². The first kappa shape index (κ1) is 18.0. The van der Waals surface area contributed by atoms with Gasteiger partial charge in [-0.3, -0.25) is 9.10 Å². The number of para-hydroxylation sites is 1. The lowest BCUT2D eigenvalue weighted by atomic mass is 9.85. The standard InChI is InChI=1S/C18H21NO4S/c1-4-19(15-8-6-5-7-9-15)24(22,23)16-12-10-14(11-13-16)18(2,3)17(20)21/h5-13H,4H2,1-3H3,(H,20,21). The van der Waals surface area contributed by atoms with Crippen molar-refractivity contribution in [2.75, 3.05) is 10.8 Å². The highest BCUT2D eigenvalue weighted by molar-refractivity contribution is 7.92. The highest BCUT2D eigenvalue weighted by Crippen LogP contribution is 2.27. The summed E-state index contributed by atoms with van der Waals surface area (Å²) in [6.45, 7) is 5.24. The Kier molecular flexibility index (Phi) is 4.99. The summed E-state index contributed by atoms with van der Waals surface area (Å²) in [5.41, 5.74) is 0.0678. The van der Waals surface area contributed by atoms with Crippen LogP contribution in [0, 0.1) is 0 Å². The summed E-state index contributed by atoms with van der Waals surface area (Å²) in [7, 11) is -3.70. The van der Waals surface area contributed by atoms with Gasteiger partial charge in [-0.2, -0.15) is 0 Å². The minimum absolute atomic E-state index is 0.137. The van der Waals surface area contributed by atoms with Crippen LogP contribution in [-0.2, 0) is 20.2 Å². The number of aliphatic carboxylic acids is 1. The van der Waals surface area contributed by atoms with E-state index in [-0.39, 0.29) is 4.90 Å². The Hall–Kier alpha value is -2.34. The zero-order valence-corrected chi connectivity index (χ0v) is 14.7. The number of carbonyl (C=O) groups is 1. The van der Waals surface area contributed by atoms with Crippen molar-refractivity contribution in [3.63, 3.8) is 0 Å². The monoisotopic (exact) mass is 347 g/mol. The quantitative estimate of drug-likeness (QED) is 0.870. The van der Waals surface area contributed by atoms with E-state index in [0.717, 1.165) is 0 Å². The Morgan fingerprint density at radius 3 is 2.04 bits per heavy atom. The summed E-state index contributed by atoms with van der Waals surface area (Å²) in [5, 5.41) is 9.27. The number of rotatable bonds is 6. The van der Waals surface area contributed by atoms with E-state index in [1.54, 1.807) is 57.2 Å².